The van der Waals surface area contributed by atoms with Gasteiger partial charge in [0.05, 0.1) is 5.57 Å². The zero-order valence-electron chi connectivity index (χ0n) is 25.7. The number of amides is 2. The number of benzene rings is 2. The maximum Gasteiger partial charge on any atom is 0.415 e. The summed E-state index contributed by atoms with van der Waals surface area (Å²) >= 11 is 6.07. The third-order valence-electron chi connectivity index (χ3n) is 8.09. The molecule has 2 aliphatic rings. The topological polar surface area (TPSA) is 93.2 Å². The van der Waals surface area contributed by atoms with Crippen LogP contribution in [0.5, 0.6) is 0 Å². The molecular weight excluding hydrogens is 568 g/mol. The van der Waals surface area contributed by atoms with Crippen molar-refractivity contribution in [3.05, 3.63) is 81.6 Å². The Morgan fingerprint density at radius 3 is 1.84 bits per heavy atom. The van der Waals surface area contributed by atoms with Crippen LogP contribution in [0.1, 0.15) is 92.5 Å². The number of carbonyl (C=O) groups is 4. The van der Waals surface area contributed by atoms with Gasteiger partial charge in [0, 0.05) is 42.3 Å². The lowest BCUT2D eigenvalue weighted by Crippen LogP contribution is -2.43. The van der Waals surface area contributed by atoms with E-state index >= 15 is 0 Å². The van der Waals surface area contributed by atoms with Gasteiger partial charge in [0.15, 0.2) is 11.5 Å². The Labute approximate surface area is 259 Å². The first-order valence-corrected chi connectivity index (χ1v) is 15.4. The van der Waals surface area contributed by atoms with Gasteiger partial charge in [0.1, 0.15) is 5.60 Å². The number of hydrogen-bond donors (Lipinski definition) is 0. The van der Waals surface area contributed by atoms with Gasteiger partial charge in [-0.2, -0.15) is 0 Å². The lowest BCUT2D eigenvalue weighted by atomic mass is 9.72. The number of ether oxygens (including phenoxy) is 2. The minimum atomic E-state index is -0.731. The number of carbonyl (C=O) groups excluding carboxylic acids is 4. The van der Waals surface area contributed by atoms with Crippen molar-refractivity contribution in [2.45, 2.75) is 71.8 Å². The van der Waals surface area contributed by atoms with Crippen molar-refractivity contribution >= 4 is 35.4 Å². The van der Waals surface area contributed by atoms with E-state index in [9.17, 15) is 19.2 Å². The van der Waals surface area contributed by atoms with Gasteiger partial charge in [0.2, 0.25) is 5.78 Å². The maximum atomic E-state index is 13.8. The predicted octanol–water partition coefficient (Wildman–Crippen LogP) is 7.66. The second kappa shape index (κ2) is 13.8. The van der Waals surface area contributed by atoms with Crippen molar-refractivity contribution in [3.63, 3.8) is 0 Å². The van der Waals surface area contributed by atoms with Crippen LogP contribution in [0.2, 0.25) is 5.02 Å². The lowest BCUT2D eigenvalue weighted by molar-refractivity contribution is 0.0241. The van der Waals surface area contributed by atoms with Crippen LogP contribution < -0.4 is 0 Å². The smallest absolute Gasteiger partial charge is 0.415 e. The SMILES string of the molecule is CCN(CCN(CC)C(=O)OC(C)(C)C)C(=O)OC1=C(C2CCC(c3ccc(Cl)cc3)CC2)C(=O)c2ccccc2C1=O. The van der Waals surface area contributed by atoms with Gasteiger partial charge in [-0.1, -0.05) is 48.0 Å². The van der Waals surface area contributed by atoms with E-state index in [0.717, 1.165) is 12.8 Å². The van der Waals surface area contributed by atoms with Crippen LogP contribution in [-0.4, -0.2) is 65.3 Å². The normalized spacial score (nSPS) is 18.7. The number of ketones is 2. The Morgan fingerprint density at radius 2 is 1.30 bits per heavy atom. The van der Waals surface area contributed by atoms with Crippen LogP contribution in [0.25, 0.3) is 0 Å². The molecule has 2 amide bonds. The van der Waals surface area contributed by atoms with Gasteiger partial charge in [-0.05, 0) is 89.8 Å². The van der Waals surface area contributed by atoms with E-state index in [1.165, 1.54) is 15.4 Å². The third-order valence-corrected chi connectivity index (χ3v) is 8.34. The number of allylic oxidation sites excluding steroid dienone is 2. The molecule has 0 aliphatic heterocycles. The summed E-state index contributed by atoms with van der Waals surface area (Å²) in [5.74, 6) is -0.795. The van der Waals surface area contributed by atoms with Gasteiger partial charge in [0.25, 0.3) is 0 Å². The predicted molar refractivity (Wildman–Crippen MR) is 165 cm³/mol. The summed E-state index contributed by atoms with van der Waals surface area (Å²) in [6.45, 7) is 10.1. The molecule has 0 atom stereocenters. The fraction of sp³-hybridized carbons (Fsp3) is 0.471. The van der Waals surface area contributed by atoms with Crippen molar-refractivity contribution in [2.24, 2.45) is 5.92 Å². The molecule has 0 saturated heterocycles. The standard InChI is InChI=1S/C34H41ClN2O6/c1-6-36(20-21-37(7-2)33(41)43-34(3,4)5)32(40)42-31-28(29(38)26-10-8-9-11-27(26)30(31)39)24-14-12-22(13-15-24)23-16-18-25(35)19-17-23/h8-11,16-19,22,24H,6-7,12-15,20-21H2,1-5H3. The summed E-state index contributed by atoms with van der Waals surface area (Å²) in [4.78, 5) is 56.6. The number of nitrogens with zero attached hydrogens (tertiary/aromatic N) is 2. The summed E-state index contributed by atoms with van der Waals surface area (Å²) in [7, 11) is 0. The van der Waals surface area contributed by atoms with Gasteiger partial charge in [-0.25, -0.2) is 9.59 Å². The second-order valence-electron chi connectivity index (χ2n) is 12.1. The van der Waals surface area contributed by atoms with Gasteiger partial charge < -0.3 is 19.3 Å². The Bertz CT molecular complexity index is 1390. The van der Waals surface area contributed by atoms with Crippen LogP contribution in [0.4, 0.5) is 9.59 Å². The quantitative estimate of drug-likeness (QED) is 0.305. The number of halogens is 1. The first kappa shape index (κ1) is 32.3. The van der Waals surface area contributed by atoms with Crippen molar-refractivity contribution in [1.82, 2.24) is 9.80 Å². The summed E-state index contributed by atoms with van der Waals surface area (Å²) in [5.41, 5.74) is 1.41. The zero-order chi connectivity index (χ0) is 31.3. The Kier molecular flexibility index (Phi) is 10.3. The van der Waals surface area contributed by atoms with Crippen LogP contribution in [0, 0.1) is 5.92 Å². The van der Waals surface area contributed by atoms with Crippen LogP contribution in [0.15, 0.2) is 59.9 Å². The fourth-order valence-electron chi connectivity index (χ4n) is 5.77. The van der Waals surface area contributed by atoms with E-state index in [1.807, 2.05) is 31.2 Å². The number of rotatable bonds is 8. The molecule has 2 aromatic carbocycles. The largest absolute Gasteiger partial charge is 0.444 e. The van der Waals surface area contributed by atoms with Gasteiger partial charge in [-0.3, -0.25) is 9.59 Å². The maximum absolute atomic E-state index is 13.8. The number of likely N-dealkylation sites (N-methyl/N-ethyl adjacent to an activating group) is 2. The molecule has 2 aliphatic carbocycles. The van der Waals surface area contributed by atoms with Gasteiger partial charge >= 0.3 is 12.2 Å². The zero-order valence-corrected chi connectivity index (χ0v) is 26.4. The molecule has 1 saturated carbocycles. The Morgan fingerprint density at radius 1 is 0.791 bits per heavy atom. The van der Waals surface area contributed by atoms with E-state index in [0.29, 0.717) is 35.9 Å². The highest BCUT2D eigenvalue weighted by Gasteiger charge is 2.40. The summed E-state index contributed by atoms with van der Waals surface area (Å²) in [6.07, 6.45) is 1.83. The average molecular weight is 609 g/mol. The van der Waals surface area contributed by atoms with E-state index in [1.54, 1.807) is 52.0 Å². The second-order valence-corrected chi connectivity index (χ2v) is 12.5. The van der Waals surface area contributed by atoms with E-state index in [2.05, 4.69) is 0 Å². The molecule has 0 bridgehead atoms. The summed E-state index contributed by atoms with van der Waals surface area (Å²) in [5, 5.41) is 0.687. The highest BCUT2D eigenvalue weighted by atomic mass is 35.5. The molecule has 0 radical (unpaired) electrons. The lowest BCUT2D eigenvalue weighted by Gasteiger charge is -2.33. The van der Waals surface area contributed by atoms with Gasteiger partial charge in [-0.15, -0.1) is 0 Å². The monoisotopic (exact) mass is 608 g/mol. The molecule has 0 aromatic heterocycles. The molecule has 0 N–H and O–H groups in total. The number of fused-ring (bicyclic) bond motifs is 1. The van der Waals surface area contributed by atoms with Crippen LogP contribution >= 0.6 is 11.6 Å². The highest BCUT2D eigenvalue weighted by Crippen LogP contribution is 2.42. The van der Waals surface area contributed by atoms with Crippen molar-refractivity contribution in [2.75, 3.05) is 26.2 Å². The molecule has 230 valence electrons. The fourth-order valence-corrected chi connectivity index (χ4v) is 5.90. The molecule has 2 aromatic rings. The number of hydrogen-bond acceptors (Lipinski definition) is 6. The molecule has 9 heteroatoms. The van der Waals surface area contributed by atoms with Crippen molar-refractivity contribution in [1.29, 1.82) is 0 Å². The third kappa shape index (κ3) is 7.66. The van der Waals surface area contributed by atoms with Crippen molar-refractivity contribution < 1.29 is 28.7 Å². The summed E-state index contributed by atoms with van der Waals surface area (Å²) < 4.78 is 11.3. The molecule has 0 unspecified atom stereocenters. The molecule has 0 heterocycles. The summed E-state index contributed by atoms with van der Waals surface area (Å²) in [6, 6.07) is 14.5. The molecular formula is C34H41ClN2O6. The average Bonchev–Trinajstić information content (AvgIpc) is 2.98. The van der Waals surface area contributed by atoms with E-state index in [-0.39, 0.29) is 48.2 Å². The van der Waals surface area contributed by atoms with E-state index in [4.69, 9.17) is 21.1 Å². The van der Waals surface area contributed by atoms with E-state index < -0.39 is 23.6 Å². The molecule has 8 nitrogen and oxygen atoms in total. The van der Waals surface area contributed by atoms with Crippen LogP contribution in [0.3, 0.4) is 0 Å². The van der Waals surface area contributed by atoms with Crippen molar-refractivity contribution in [3.8, 4) is 0 Å². The minimum absolute atomic E-state index is 0.177. The van der Waals surface area contributed by atoms with Crippen LogP contribution in [-0.2, 0) is 9.47 Å². The Hall–Kier alpha value is -3.65. The minimum Gasteiger partial charge on any atom is -0.444 e. The first-order valence-electron chi connectivity index (χ1n) is 15.1. The molecule has 4 rings (SSSR count). The first-order chi connectivity index (χ1) is 20.4. The molecule has 43 heavy (non-hydrogen) atoms. The molecule has 1 fully saturated rings. The molecule has 0 spiro atoms. The Balaban J connectivity index is 1.54. The number of Topliss-reactive ketones (excluding diaryl/α,β-unsaturated/α-hetero) is 2. The highest BCUT2D eigenvalue weighted by molar-refractivity contribution is 6.30.